The summed E-state index contributed by atoms with van der Waals surface area (Å²) >= 11 is 5.92. The number of β-amino-alcohol motifs (C(OH)–C–C–N with tert-alkyl or cyclic N) is 1. The molecule has 0 aliphatic carbocycles. The number of benzene rings is 2. The first kappa shape index (κ1) is 15.5. The van der Waals surface area contributed by atoms with Crippen LogP contribution in [-0.2, 0) is 13.0 Å². The zero-order valence-corrected chi connectivity index (χ0v) is 13.1. The molecule has 0 amide bonds. The number of nitrogens with zero attached hydrogens (tertiary/aromatic N) is 1. The molecule has 2 nitrogen and oxygen atoms in total. The molecule has 1 heterocycles. The van der Waals surface area contributed by atoms with Crippen molar-refractivity contribution in [2.45, 2.75) is 25.0 Å². The second-order valence-corrected chi connectivity index (χ2v) is 6.52. The number of hydrogen-bond donors (Lipinski definition) is 1. The Morgan fingerprint density at radius 2 is 1.95 bits per heavy atom. The Morgan fingerprint density at radius 1 is 1.18 bits per heavy atom. The van der Waals surface area contributed by atoms with E-state index in [9.17, 15) is 9.50 Å². The van der Waals surface area contributed by atoms with Crippen LogP contribution >= 0.6 is 11.6 Å². The summed E-state index contributed by atoms with van der Waals surface area (Å²) in [5.74, 6) is -0.306. The highest BCUT2D eigenvalue weighted by Crippen LogP contribution is 2.28. The second-order valence-electron chi connectivity index (χ2n) is 6.08. The Bertz CT molecular complexity index is 649. The van der Waals surface area contributed by atoms with E-state index < -0.39 is 5.60 Å². The van der Waals surface area contributed by atoms with Gasteiger partial charge >= 0.3 is 0 Å². The predicted molar refractivity (Wildman–Crippen MR) is 86.4 cm³/mol. The Morgan fingerprint density at radius 3 is 2.73 bits per heavy atom. The van der Waals surface area contributed by atoms with Crippen molar-refractivity contribution in [1.29, 1.82) is 0 Å². The van der Waals surface area contributed by atoms with E-state index in [1.54, 1.807) is 6.07 Å². The van der Waals surface area contributed by atoms with Gasteiger partial charge in [0.05, 0.1) is 5.60 Å². The lowest BCUT2D eigenvalue weighted by Gasteiger charge is -2.24. The first-order valence-corrected chi connectivity index (χ1v) is 7.84. The van der Waals surface area contributed by atoms with Gasteiger partial charge in [-0.05, 0) is 35.7 Å². The van der Waals surface area contributed by atoms with Crippen LogP contribution in [0.4, 0.5) is 4.39 Å². The van der Waals surface area contributed by atoms with E-state index >= 15 is 0 Å². The van der Waals surface area contributed by atoms with E-state index in [1.807, 2.05) is 18.2 Å². The molecule has 0 saturated carbocycles. The van der Waals surface area contributed by atoms with Crippen molar-refractivity contribution in [2.75, 3.05) is 13.1 Å². The monoisotopic (exact) mass is 319 g/mol. The lowest BCUT2D eigenvalue weighted by Crippen LogP contribution is -2.35. The molecule has 2 aromatic rings. The van der Waals surface area contributed by atoms with Crippen molar-refractivity contribution in [3.05, 3.63) is 70.5 Å². The normalized spacial score (nSPS) is 22.1. The van der Waals surface area contributed by atoms with E-state index in [2.05, 4.69) is 17.0 Å². The molecule has 1 saturated heterocycles. The van der Waals surface area contributed by atoms with Crippen molar-refractivity contribution in [1.82, 2.24) is 4.90 Å². The van der Waals surface area contributed by atoms with Gasteiger partial charge in [-0.1, -0.05) is 41.9 Å². The van der Waals surface area contributed by atoms with E-state index in [0.717, 1.165) is 13.1 Å². The van der Waals surface area contributed by atoms with E-state index in [4.69, 9.17) is 11.6 Å². The Labute approximate surface area is 135 Å². The maximum Gasteiger partial charge on any atom is 0.126 e. The van der Waals surface area contributed by atoms with Gasteiger partial charge < -0.3 is 5.11 Å². The van der Waals surface area contributed by atoms with E-state index in [1.165, 1.54) is 17.7 Å². The molecule has 1 atom stereocenters. The number of halogens is 2. The molecule has 1 unspecified atom stereocenters. The van der Waals surface area contributed by atoms with Gasteiger partial charge in [0.15, 0.2) is 0 Å². The minimum absolute atomic E-state index is 0.296. The Hall–Kier alpha value is -1.42. The third-order valence-corrected chi connectivity index (χ3v) is 4.42. The van der Waals surface area contributed by atoms with Crippen molar-refractivity contribution in [3.8, 4) is 0 Å². The van der Waals surface area contributed by atoms with Crippen LogP contribution in [-0.4, -0.2) is 28.7 Å². The third-order valence-electron chi connectivity index (χ3n) is 4.19. The van der Waals surface area contributed by atoms with E-state index in [0.29, 0.717) is 30.0 Å². The standard InChI is InChI=1S/C18H19ClFNO/c19-16-6-7-17(20)15(10-16)11-18(22)8-9-21(13-18)12-14-4-2-1-3-5-14/h1-7,10,22H,8-9,11-13H2. The van der Waals surface area contributed by atoms with Crippen LogP contribution < -0.4 is 0 Å². The molecular formula is C18H19ClFNO. The van der Waals surface area contributed by atoms with Crippen LogP contribution in [0.3, 0.4) is 0 Å². The third kappa shape index (κ3) is 3.67. The first-order valence-electron chi connectivity index (χ1n) is 7.47. The summed E-state index contributed by atoms with van der Waals surface area (Å²) in [5, 5.41) is 11.3. The summed E-state index contributed by atoms with van der Waals surface area (Å²) in [7, 11) is 0. The van der Waals surface area contributed by atoms with Crippen LogP contribution in [0.5, 0.6) is 0 Å². The molecule has 1 N–H and O–H groups in total. The predicted octanol–water partition coefficient (Wildman–Crippen LogP) is 3.66. The minimum Gasteiger partial charge on any atom is -0.388 e. The molecule has 1 fully saturated rings. The maximum absolute atomic E-state index is 13.9. The fourth-order valence-electron chi connectivity index (χ4n) is 3.09. The quantitative estimate of drug-likeness (QED) is 0.929. The maximum atomic E-state index is 13.9. The summed E-state index contributed by atoms with van der Waals surface area (Å²) < 4.78 is 13.9. The zero-order valence-electron chi connectivity index (χ0n) is 12.3. The van der Waals surface area contributed by atoms with Crippen molar-refractivity contribution >= 4 is 11.6 Å². The Kier molecular flexibility index (Phi) is 4.48. The summed E-state index contributed by atoms with van der Waals surface area (Å²) in [6, 6.07) is 14.7. The summed E-state index contributed by atoms with van der Waals surface area (Å²) in [6.45, 7) is 2.17. The molecule has 116 valence electrons. The average Bonchev–Trinajstić information content (AvgIpc) is 2.85. The van der Waals surface area contributed by atoms with Gasteiger partial charge in [-0.2, -0.15) is 0 Å². The smallest absolute Gasteiger partial charge is 0.126 e. The molecule has 22 heavy (non-hydrogen) atoms. The van der Waals surface area contributed by atoms with Gasteiger partial charge in [0.2, 0.25) is 0 Å². The van der Waals surface area contributed by atoms with Crippen LogP contribution in [0.1, 0.15) is 17.5 Å². The van der Waals surface area contributed by atoms with Crippen molar-refractivity contribution < 1.29 is 9.50 Å². The molecule has 1 aliphatic heterocycles. The molecule has 1 aliphatic rings. The molecule has 2 aromatic carbocycles. The van der Waals surface area contributed by atoms with Gasteiger partial charge in [-0.15, -0.1) is 0 Å². The summed E-state index contributed by atoms with van der Waals surface area (Å²) in [5.41, 5.74) is 0.817. The highest BCUT2D eigenvalue weighted by molar-refractivity contribution is 6.30. The zero-order chi connectivity index (χ0) is 15.6. The molecule has 0 spiro atoms. The largest absolute Gasteiger partial charge is 0.388 e. The molecule has 4 heteroatoms. The van der Waals surface area contributed by atoms with Crippen molar-refractivity contribution in [3.63, 3.8) is 0 Å². The molecule has 0 aromatic heterocycles. The SMILES string of the molecule is OC1(Cc2cc(Cl)ccc2F)CCN(Cc2ccccc2)C1. The van der Waals surface area contributed by atoms with Gasteiger partial charge in [0.25, 0.3) is 0 Å². The first-order chi connectivity index (χ1) is 10.5. The topological polar surface area (TPSA) is 23.5 Å². The highest BCUT2D eigenvalue weighted by Gasteiger charge is 2.36. The average molecular weight is 320 g/mol. The summed E-state index contributed by atoms with van der Waals surface area (Å²) in [4.78, 5) is 2.21. The van der Waals surface area contributed by atoms with Crippen LogP contribution in [0.2, 0.25) is 5.02 Å². The van der Waals surface area contributed by atoms with Crippen molar-refractivity contribution in [2.24, 2.45) is 0 Å². The number of hydrogen-bond acceptors (Lipinski definition) is 2. The minimum atomic E-state index is -0.889. The van der Waals surface area contributed by atoms with Crippen LogP contribution in [0.15, 0.2) is 48.5 Å². The van der Waals surface area contributed by atoms with Crippen LogP contribution in [0, 0.1) is 5.82 Å². The summed E-state index contributed by atoms with van der Waals surface area (Å²) in [6.07, 6.45) is 0.941. The molecule has 0 radical (unpaired) electrons. The Balaban J connectivity index is 1.66. The van der Waals surface area contributed by atoms with E-state index in [-0.39, 0.29) is 5.82 Å². The lowest BCUT2D eigenvalue weighted by atomic mass is 9.93. The molecule has 0 bridgehead atoms. The second kappa shape index (κ2) is 6.37. The molecule has 3 rings (SSSR count). The fraction of sp³-hybridized carbons (Fsp3) is 0.333. The van der Waals surface area contributed by atoms with Gasteiger partial charge in [-0.3, -0.25) is 4.90 Å². The number of aliphatic hydroxyl groups is 1. The number of likely N-dealkylation sites (tertiary alicyclic amines) is 1. The highest BCUT2D eigenvalue weighted by atomic mass is 35.5. The fourth-order valence-corrected chi connectivity index (χ4v) is 3.29. The van der Waals surface area contributed by atoms with Gasteiger partial charge in [0, 0.05) is 31.1 Å². The van der Waals surface area contributed by atoms with Crippen LogP contribution in [0.25, 0.3) is 0 Å². The van der Waals surface area contributed by atoms with Gasteiger partial charge in [-0.25, -0.2) is 4.39 Å². The van der Waals surface area contributed by atoms with Gasteiger partial charge in [0.1, 0.15) is 5.82 Å². The number of rotatable bonds is 4. The lowest BCUT2D eigenvalue weighted by molar-refractivity contribution is 0.0480. The molecular weight excluding hydrogens is 301 g/mol.